The quantitative estimate of drug-likeness (QED) is 0.908. The van der Waals surface area contributed by atoms with Crippen molar-refractivity contribution in [3.8, 4) is 0 Å². The van der Waals surface area contributed by atoms with Crippen molar-refractivity contribution in [1.29, 1.82) is 0 Å². The van der Waals surface area contributed by atoms with E-state index in [1.54, 1.807) is 19.1 Å². The van der Waals surface area contributed by atoms with Gasteiger partial charge in [0.1, 0.15) is 5.82 Å². The monoisotopic (exact) mass is 266 g/mol. The topological polar surface area (TPSA) is 38.5 Å². The summed E-state index contributed by atoms with van der Waals surface area (Å²) in [5.74, 6) is -0.173. The lowest BCUT2D eigenvalue weighted by molar-refractivity contribution is -0.00140. The van der Waals surface area contributed by atoms with Crippen LogP contribution in [0.15, 0.2) is 18.2 Å². The van der Waals surface area contributed by atoms with Gasteiger partial charge in [-0.15, -0.1) is 0 Å². The molecule has 1 aromatic carbocycles. The fourth-order valence-corrected chi connectivity index (χ4v) is 2.40. The smallest absolute Gasteiger partial charge is 0.126 e. The summed E-state index contributed by atoms with van der Waals surface area (Å²) in [5.41, 5.74) is 7.70. The molecule has 2 rings (SSSR count). The number of rotatable bonds is 4. The van der Waals surface area contributed by atoms with E-state index < -0.39 is 0 Å². The van der Waals surface area contributed by atoms with E-state index in [0.29, 0.717) is 11.6 Å². The van der Waals surface area contributed by atoms with Crippen LogP contribution in [0, 0.1) is 12.7 Å². The number of nitrogens with two attached hydrogens (primary N) is 1. The lowest BCUT2D eigenvalue weighted by atomic mass is 10.0. The Morgan fingerprint density at radius 2 is 2.32 bits per heavy atom. The second-order valence-corrected chi connectivity index (χ2v) is 5.36. The maximum absolute atomic E-state index is 13.5. The van der Waals surface area contributed by atoms with Gasteiger partial charge in [0.05, 0.1) is 13.2 Å². The molecule has 0 saturated carbocycles. The Morgan fingerprint density at radius 1 is 1.53 bits per heavy atom. The standard InChI is InChI=1S/C15H23FN2O/c1-11-3-4-13(9-14(11)16)15(17)5-6-18-7-8-19-10-12(18)2/h3-4,9,12,15H,5-8,10,17H2,1-2H3. The summed E-state index contributed by atoms with van der Waals surface area (Å²) in [6, 6.07) is 5.61. The summed E-state index contributed by atoms with van der Waals surface area (Å²) in [5, 5.41) is 0. The van der Waals surface area contributed by atoms with Gasteiger partial charge >= 0.3 is 0 Å². The molecule has 0 aliphatic carbocycles. The molecular formula is C15H23FN2O. The molecule has 3 nitrogen and oxygen atoms in total. The predicted octanol–water partition coefficient (Wildman–Crippen LogP) is 2.24. The first-order valence-corrected chi connectivity index (χ1v) is 6.91. The highest BCUT2D eigenvalue weighted by atomic mass is 19.1. The molecule has 106 valence electrons. The largest absolute Gasteiger partial charge is 0.379 e. The first-order chi connectivity index (χ1) is 9.08. The van der Waals surface area contributed by atoms with Crippen LogP contribution < -0.4 is 5.73 Å². The van der Waals surface area contributed by atoms with Crippen molar-refractivity contribution in [2.45, 2.75) is 32.4 Å². The fraction of sp³-hybridized carbons (Fsp3) is 0.600. The van der Waals surface area contributed by atoms with Gasteiger partial charge in [0, 0.05) is 25.2 Å². The number of halogens is 1. The van der Waals surface area contributed by atoms with Crippen LogP contribution in [0.2, 0.25) is 0 Å². The molecule has 1 fully saturated rings. The van der Waals surface area contributed by atoms with Crippen LogP contribution in [0.4, 0.5) is 4.39 Å². The van der Waals surface area contributed by atoms with Gasteiger partial charge in [-0.05, 0) is 37.5 Å². The van der Waals surface area contributed by atoms with Gasteiger partial charge in [0.25, 0.3) is 0 Å². The van der Waals surface area contributed by atoms with Crippen LogP contribution in [-0.4, -0.2) is 37.2 Å². The van der Waals surface area contributed by atoms with Crippen molar-refractivity contribution in [3.63, 3.8) is 0 Å². The van der Waals surface area contributed by atoms with E-state index in [1.165, 1.54) is 0 Å². The third-order valence-corrected chi connectivity index (χ3v) is 3.86. The van der Waals surface area contributed by atoms with E-state index in [-0.39, 0.29) is 11.9 Å². The molecule has 0 bridgehead atoms. The Labute approximate surface area is 114 Å². The number of nitrogens with zero attached hydrogens (tertiary/aromatic N) is 1. The Hall–Kier alpha value is -0.970. The minimum absolute atomic E-state index is 0.106. The lowest BCUT2D eigenvalue weighted by Gasteiger charge is -2.33. The average Bonchev–Trinajstić information content (AvgIpc) is 2.40. The average molecular weight is 266 g/mol. The molecule has 2 atom stereocenters. The predicted molar refractivity (Wildman–Crippen MR) is 74.5 cm³/mol. The molecule has 2 unspecified atom stereocenters. The summed E-state index contributed by atoms with van der Waals surface area (Å²) < 4.78 is 18.9. The number of benzene rings is 1. The molecule has 19 heavy (non-hydrogen) atoms. The normalized spacial score (nSPS) is 22.4. The minimum atomic E-state index is -0.173. The van der Waals surface area contributed by atoms with E-state index in [1.807, 2.05) is 6.07 Å². The molecular weight excluding hydrogens is 243 g/mol. The zero-order valence-electron chi connectivity index (χ0n) is 11.7. The lowest BCUT2D eigenvalue weighted by Crippen LogP contribution is -2.44. The van der Waals surface area contributed by atoms with Crippen molar-refractivity contribution in [1.82, 2.24) is 4.90 Å². The van der Waals surface area contributed by atoms with E-state index in [4.69, 9.17) is 10.5 Å². The molecule has 0 radical (unpaired) electrons. The van der Waals surface area contributed by atoms with Gasteiger partial charge < -0.3 is 10.5 Å². The number of ether oxygens (including phenoxy) is 1. The maximum atomic E-state index is 13.5. The zero-order chi connectivity index (χ0) is 13.8. The molecule has 1 heterocycles. The molecule has 1 saturated heterocycles. The van der Waals surface area contributed by atoms with E-state index in [9.17, 15) is 4.39 Å². The van der Waals surface area contributed by atoms with Crippen molar-refractivity contribution in [2.75, 3.05) is 26.3 Å². The Bertz CT molecular complexity index is 425. The SMILES string of the molecule is Cc1ccc(C(N)CCN2CCOCC2C)cc1F. The molecule has 1 aliphatic heterocycles. The van der Waals surface area contributed by atoms with Gasteiger partial charge in [-0.3, -0.25) is 4.90 Å². The first kappa shape index (κ1) is 14.4. The number of morpholine rings is 1. The second kappa shape index (κ2) is 6.46. The molecule has 0 amide bonds. The summed E-state index contributed by atoms with van der Waals surface area (Å²) >= 11 is 0. The number of hydrogen-bond acceptors (Lipinski definition) is 3. The minimum Gasteiger partial charge on any atom is -0.379 e. The van der Waals surface area contributed by atoms with Crippen LogP contribution in [0.1, 0.15) is 30.5 Å². The maximum Gasteiger partial charge on any atom is 0.126 e. The number of hydrogen-bond donors (Lipinski definition) is 1. The molecule has 1 aliphatic rings. The Kier molecular flexibility index (Phi) is 4.91. The van der Waals surface area contributed by atoms with Crippen molar-refractivity contribution < 1.29 is 9.13 Å². The second-order valence-electron chi connectivity index (χ2n) is 5.36. The van der Waals surface area contributed by atoms with E-state index in [0.717, 1.165) is 38.3 Å². The summed E-state index contributed by atoms with van der Waals surface area (Å²) in [6.07, 6.45) is 0.840. The first-order valence-electron chi connectivity index (χ1n) is 6.91. The highest BCUT2D eigenvalue weighted by Gasteiger charge is 2.19. The van der Waals surface area contributed by atoms with Gasteiger partial charge in [-0.1, -0.05) is 12.1 Å². The fourth-order valence-electron chi connectivity index (χ4n) is 2.40. The Morgan fingerprint density at radius 3 is 3.00 bits per heavy atom. The third-order valence-electron chi connectivity index (χ3n) is 3.86. The molecule has 0 aromatic heterocycles. The zero-order valence-corrected chi connectivity index (χ0v) is 11.7. The van der Waals surface area contributed by atoms with Gasteiger partial charge in [-0.25, -0.2) is 4.39 Å². The van der Waals surface area contributed by atoms with Crippen LogP contribution in [-0.2, 0) is 4.74 Å². The van der Waals surface area contributed by atoms with Crippen molar-refractivity contribution in [3.05, 3.63) is 35.1 Å². The molecule has 4 heteroatoms. The van der Waals surface area contributed by atoms with Crippen molar-refractivity contribution in [2.24, 2.45) is 5.73 Å². The molecule has 1 aromatic rings. The summed E-state index contributed by atoms with van der Waals surface area (Å²) in [7, 11) is 0. The summed E-state index contributed by atoms with van der Waals surface area (Å²) in [4.78, 5) is 2.38. The van der Waals surface area contributed by atoms with Crippen LogP contribution >= 0.6 is 0 Å². The number of aryl methyl sites for hydroxylation is 1. The third kappa shape index (κ3) is 3.75. The van der Waals surface area contributed by atoms with E-state index in [2.05, 4.69) is 11.8 Å². The summed E-state index contributed by atoms with van der Waals surface area (Å²) in [6.45, 7) is 7.39. The van der Waals surface area contributed by atoms with Crippen LogP contribution in [0.3, 0.4) is 0 Å². The van der Waals surface area contributed by atoms with E-state index >= 15 is 0 Å². The Balaban J connectivity index is 1.89. The van der Waals surface area contributed by atoms with Crippen LogP contribution in [0.5, 0.6) is 0 Å². The van der Waals surface area contributed by atoms with Gasteiger partial charge in [-0.2, -0.15) is 0 Å². The van der Waals surface area contributed by atoms with Crippen LogP contribution in [0.25, 0.3) is 0 Å². The highest BCUT2D eigenvalue weighted by molar-refractivity contribution is 5.25. The van der Waals surface area contributed by atoms with Gasteiger partial charge in [0.2, 0.25) is 0 Å². The molecule has 0 spiro atoms. The highest BCUT2D eigenvalue weighted by Crippen LogP contribution is 2.18. The van der Waals surface area contributed by atoms with Crippen molar-refractivity contribution >= 4 is 0 Å². The molecule has 2 N–H and O–H groups in total. The van der Waals surface area contributed by atoms with Gasteiger partial charge in [0.15, 0.2) is 0 Å².